The zero-order chi connectivity index (χ0) is 18.4. The molecule has 2 heterocycles. The third kappa shape index (κ3) is 2.30. The summed E-state index contributed by atoms with van der Waals surface area (Å²) in [6, 6.07) is 1.11. The zero-order valence-electron chi connectivity index (χ0n) is 15.1. The van der Waals surface area contributed by atoms with Gasteiger partial charge in [0.2, 0.25) is 0 Å². The number of anilines is 1. The molecule has 2 aromatic rings. The number of alkyl carbamates (subject to hydrolysis) is 1. The van der Waals surface area contributed by atoms with E-state index in [-0.39, 0.29) is 23.4 Å². The Labute approximate surface area is 131 Å². The highest BCUT2D eigenvalue weighted by atomic mass is 16.5. The number of rotatable bonds is 2. The largest absolute Gasteiger partial charge is 0.453 e. The first-order valence-electron chi connectivity index (χ1n) is 8.46. The summed E-state index contributed by atoms with van der Waals surface area (Å²) in [6.45, 7) is -2.62. The van der Waals surface area contributed by atoms with Gasteiger partial charge in [0.15, 0.2) is 0 Å². The molecule has 1 saturated carbocycles. The van der Waals surface area contributed by atoms with Crippen molar-refractivity contribution < 1.29 is 13.6 Å². The van der Waals surface area contributed by atoms with E-state index in [2.05, 4.69) is 15.0 Å². The maximum atomic E-state index is 12.8. The van der Waals surface area contributed by atoms with E-state index in [0.717, 1.165) is 4.57 Å². The van der Waals surface area contributed by atoms with Gasteiger partial charge in [0.25, 0.3) is 0 Å². The number of aromatic nitrogens is 3. The molecule has 8 heteroatoms. The predicted octanol–water partition coefficient (Wildman–Crippen LogP) is 0.767. The number of aryl methyl sites for hydroxylation is 1. The molecule has 0 spiro atoms. The van der Waals surface area contributed by atoms with E-state index in [1.54, 1.807) is 0 Å². The van der Waals surface area contributed by atoms with Gasteiger partial charge in [0, 0.05) is 29.2 Å². The molecule has 3 rings (SSSR count). The molecule has 1 amide bonds. The first kappa shape index (κ1) is 11.1. The lowest BCUT2D eigenvalue weighted by Crippen LogP contribution is -2.33. The van der Waals surface area contributed by atoms with Crippen molar-refractivity contribution in [2.45, 2.75) is 31.3 Å². The van der Waals surface area contributed by atoms with Gasteiger partial charge in [-0.1, -0.05) is 0 Å². The molecular weight excluding hydrogens is 286 g/mol. The number of carbonyl (C=O) groups is 1. The number of hydrogen-bond donors (Lipinski definition) is 2. The van der Waals surface area contributed by atoms with Gasteiger partial charge in [-0.15, -0.1) is 0 Å². The molecule has 2 atom stereocenters. The fraction of sp³-hybridized carbons (Fsp3) is 0.500. The summed E-state index contributed by atoms with van der Waals surface area (Å²) in [7, 11) is 1.28. The Morgan fingerprint density at radius 3 is 3.09 bits per heavy atom. The first-order chi connectivity index (χ1) is 11.7. The molecule has 0 saturated heterocycles. The summed E-state index contributed by atoms with van der Waals surface area (Å²) in [5, 5.41) is 2.71. The average Bonchev–Trinajstić information content (AvgIpc) is 3.07. The standard InChI is InChI=1S/C14H19N5O3/c1-18-11-7-16-12(15)6-10(11)19(14(18)21)9-4-3-8(5-9)17-13(20)22-2/h6-9H,3-5H2,1-2H3,(H2,15,16)(H,17,20)/t8-,9-/m1/s1/i1D3. The number of nitrogens with one attached hydrogen (secondary N) is 1. The van der Waals surface area contributed by atoms with Gasteiger partial charge in [-0.05, 0) is 19.3 Å². The number of hydrogen-bond acceptors (Lipinski definition) is 5. The molecule has 8 nitrogen and oxygen atoms in total. The Bertz CT molecular complexity index is 873. The molecule has 1 fully saturated rings. The van der Waals surface area contributed by atoms with Gasteiger partial charge >= 0.3 is 11.8 Å². The number of fused-ring (bicyclic) bond motifs is 1. The summed E-state index contributed by atoms with van der Waals surface area (Å²) >= 11 is 0. The number of nitrogens with two attached hydrogens (primary N) is 1. The molecule has 0 aromatic carbocycles. The molecule has 22 heavy (non-hydrogen) atoms. The van der Waals surface area contributed by atoms with Crippen LogP contribution in [-0.2, 0) is 11.7 Å². The van der Waals surface area contributed by atoms with Crippen LogP contribution in [0.1, 0.15) is 29.4 Å². The number of carbonyl (C=O) groups excluding carboxylic acids is 1. The Morgan fingerprint density at radius 2 is 2.36 bits per heavy atom. The molecular formula is C14H19N5O3. The summed E-state index contributed by atoms with van der Waals surface area (Å²) in [6.07, 6.45) is 2.55. The van der Waals surface area contributed by atoms with Crippen LogP contribution in [0.4, 0.5) is 10.6 Å². The highest BCUT2D eigenvalue weighted by molar-refractivity contribution is 5.77. The van der Waals surface area contributed by atoms with E-state index in [1.165, 1.54) is 23.9 Å². The van der Waals surface area contributed by atoms with E-state index in [9.17, 15) is 9.59 Å². The van der Waals surface area contributed by atoms with Crippen LogP contribution in [0, 0.1) is 0 Å². The second kappa shape index (κ2) is 5.36. The number of nitrogens with zero attached hydrogens (tertiary/aromatic N) is 3. The number of imidazole rings is 1. The van der Waals surface area contributed by atoms with Crippen LogP contribution in [0.2, 0.25) is 0 Å². The van der Waals surface area contributed by atoms with Crippen molar-refractivity contribution >= 4 is 22.9 Å². The third-order valence-corrected chi connectivity index (χ3v) is 4.06. The molecule has 0 aliphatic heterocycles. The topological polar surface area (TPSA) is 104 Å². The number of amides is 1. The highest BCUT2D eigenvalue weighted by Gasteiger charge is 2.30. The number of ether oxygens (including phenoxy) is 1. The van der Waals surface area contributed by atoms with Crippen molar-refractivity contribution in [3.63, 3.8) is 0 Å². The van der Waals surface area contributed by atoms with E-state index >= 15 is 0 Å². The first-order valence-corrected chi connectivity index (χ1v) is 6.96. The minimum Gasteiger partial charge on any atom is -0.453 e. The lowest BCUT2D eigenvalue weighted by atomic mass is 10.2. The van der Waals surface area contributed by atoms with Crippen LogP contribution in [0.25, 0.3) is 11.0 Å². The summed E-state index contributed by atoms with van der Waals surface area (Å²) < 4.78 is 29.7. The maximum Gasteiger partial charge on any atom is 0.407 e. The number of pyridine rings is 1. The Balaban J connectivity index is 2.05. The van der Waals surface area contributed by atoms with E-state index in [4.69, 9.17) is 9.85 Å². The molecule has 0 radical (unpaired) electrons. The predicted molar refractivity (Wildman–Crippen MR) is 81.6 cm³/mol. The van der Waals surface area contributed by atoms with Crippen LogP contribution >= 0.6 is 0 Å². The second-order valence-electron chi connectivity index (χ2n) is 5.39. The quantitative estimate of drug-likeness (QED) is 0.852. The molecule has 1 aliphatic rings. The highest BCUT2D eigenvalue weighted by Crippen LogP contribution is 2.31. The lowest BCUT2D eigenvalue weighted by molar-refractivity contribution is 0.166. The summed E-state index contributed by atoms with van der Waals surface area (Å²) in [5.41, 5.74) is 5.73. The van der Waals surface area contributed by atoms with Crippen LogP contribution in [0.5, 0.6) is 0 Å². The SMILES string of the molecule is [2H]C([2H])([2H])n1c(=O)n([C@@H]2CC[C@@H](NC(=O)OC)C2)c2cc(N)ncc21. The van der Waals surface area contributed by atoms with Crippen LogP contribution in [0.15, 0.2) is 17.1 Å². The summed E-state index contributed by atoms with van der Waals surface area (Å²) in [4.78, 5) is 28.1. The molecule has 118 valence electrons. The minimum absolute atomic E-state index is 0.144. The van der Waals surface area contributed by atoms with Crippen LogP contribution in [0.3, 0.4) is 0 Å². The Hall–Kier alpha value is -2.51. The monoisotopic (exact) mass is 308 g/mol. The normalized spacial score (nSPS) is 23.8. The Kier molecular flexibility index (Phi) is 2.71. The summed E-state index contributed by atoms with van der Waals surface area (Å²) in [5.74, 6) is 0.200. The second-order valence-corrected chi connectivity index (χ2v) is 5.39. The van der Waals surface area contributed by atoms with Gasteiger partial charge < -0.3 is 15.8 Å². The van der Waals surface area contributed by atoms with Crippen molar-refractivity contribution in [1.29, 1.82) is 0 Å². The fourth-order valence-corrected chi connectivity index (χ4v) is 3.03. The van der Waals surface area contributed by atoms with E-state index in [0.29, 0.717) is 24.8 Å². The van der Waals surface area contributed by atoms with Gasteiger partial charge in [-0.3, -0.25) is 9.13 Å². The Morgan fingerprint density at radius 1 is 1.55 bits per heavy atom. The van der Waals surface area contributed by atoms with Crippen molar-refractivity contribution in [3.8, 4) is 0 Å². The lowest BCUT2D eigenvalue weighted by Gasteiger charge is -2.14. The van der Waals surface area contributed by atoms with Crippen molar-refractivity contribution in [3.05, 3.63) is 22.7 Å². The van der Waals surface area contributed by atoms with Gasteiger partial charge in [-0.25, -0.2) is 14.6 Å². The molecule has 1 aliphatic carbocycles. The van der Waals surface area contributed by atoms with Crippen molar-refractivity contribution in [2.75, 3.05) is 12.8 Å². The van der Waals surface area contributed by atoms with Crippen LogP contribution < -0.4 is 16.7 Å². The average molecular weight is 308 g/mol. The van der Waals surface area contributed by atoms with Gasteiger partial charge in [-0.2, -0.15) is 0 Å². The molecule has 3 N–H and O–H groups in total. The smallest absolute Gasteiger partial charge is 0.407 e. The van der Waals surface area contributed by atoms with Crippen molar-refractivity contribution in [2.24, 2.45) is 6.98 Å². The molecule has 2 aromatic heterocycles. The molecule has 0 bridgehead atoms. The minimum atomic E-state index is -2.62. The maximum absolute atomic E-state index is 12.8. The zero-order valence-corrected chi connectivity index (χ0v) is 12.1. The van der Waals surface area contributed by atoms with Gasteiger partial charge in [0.1, 0.15) is 5.82 Å². The van der Waals surface area contributed by atoms with Crippen molar-refractivity contribution in [1.82, 2.24) is 19.4 Å². The van der Waals surface area contributed by atoms with Gasteiger partial charge in [0.05, 0.1) is 24.3 Å². The third-order valence-electron chi connectivity index (χ3n) is 4.06. The number of nitrogen functional groups attached to an aromatic ring is 1. The fourth-order valence-electron chi connectivity index (χ4n) is 3.03. The molecule has 0 unspecified atom stereocenters. The number of methoxy groups -OCH3 is 1. The van der Waals surface area contributed by atoms with Crippen LogP contribution in [-0.4, -0.2) is 33.4 Å². The van der Waals surface area contributed by atoms with E-state index in [1.807, 2.05) is 0 Å². The van der Waals surface area contributed by atoms with E-state index < -0.39 is 18.8 Å².